The Bertz CT molecular complexity index is 439. The molecule has 1 aromatic rings. The molecular weight excluding hydrogens is 240 g/mol. The molecule has 3 fully saturated rings. The van der Waals surface area contributed by atoms with E-state index in [2.05, 4.69) is 9.97 Å². The number of hydrogen-bond acceptors (Lipinski definition) is 4. The summed E-state index contributed by atoms with van der Waals surface area (Å²) in [6.45, 7) is 0.704. The second kappa shape index (κ2) is 3.56. The van der Waals surface area contributed by atoms with Gasteiger partial charge in [-0.3, -0.25) is 0 Å². The summed E-state index contributed by atoms with van der Waals surface area (Å²) in [5.41, 5.74) is 0. The van der Waals surface area contributed by atoms with E-state index in [1.807, 2.05) is 0 Å². The molecule has 1 aromatic heterocycles. The van der Waals surface area contributed by atoms with Crippen molar-refractivity contribution in [2.24, 2.45) is 17.8 Å². The monoisotopic (exact) mass is 252 g/mol. The summed E-state index contributed by atoms with van der Waals surface area (Å²) >= 11 is 5.62. The van der Waals surface area contributed by atoms with Crippen molar-refractivity contribution >= 4 is 11.6 Å². The molecule has 2 aliphatic heterocycles. The molecule has 1 aliphatic carbocycles. The molecule has 0 spiro atoms. The Balaban J connectivity index is 1.38. The number of rotatable bonds is 3. The molecule has 4 rings (SSSR count). The first-order valence-electron chi connectivity index (χ1n) is 6.07. The predicted molar refractivity (Wildman–Crippen MR) is 60.9 cm³/mol. The van der Waals surface area contributed by atoms with Gasteiger partial charge in [0.25, 0.3) is 0 Å². The zero-order valence-electron chi connectivity index (χ0n) is 9.25. The van der Waals surface area contributed by atoms with Crippen molar-refractivity contribution in [1.29, 1.82) is 0 Å². The molecule has 5 atom stereocenters. The van der Waals surface area contributed by atoms with Crippen LogP contribution in [-0.2, 0) is 4.74 Å². The highest BCUT2D eigenvalue weighted by Gasteiger charge is 2.62. The van der Waals surface area contributed by atoms with Crippen molar-refractivity contribution in [2.45, 2.75) is 25.0 Å². The Labute approximate surface area is 104 Å². The fourth-order valence-corrected chi connectivity index (χ4v) is 3.41. The number of fused-ring (bicyclic) bond motifs is 5. The highest BCUT2D eigenvalue weighted by atomic mass is 35.5. The fourth-order valence-electron chi connectivity index (χ4n) is 3.31. The first-order valence-corrected chi connectivity index (χ1v) is 6.45. The minimum absolute atomic E-state index is 0.251. The van der Waals surface area contributed by atoms with Gasteiger partial charge in [-0.25, -0.2) is 9.97 Å². The molecule has 0 aromatic carbocycles. The molecule has 3 aliphatic rings. The van der Waals surface area contributed by atoms with Gasteiger partial charge in [0.2, 0.25) is 5.28 Å². The summed E-state index contributed by atoms with van der Waals surface area (Å²) in [4.78, 5) is 7.79. The smallest absolute Gasteiger partial charge is 0.222 e. The van der Waals surface area contributed by atoms with Gasteiger partial charge in [0.1, 0.15) is 0 Å². The number of ether oxygens (including phenoxy) is 2. The zero-order valence-corrected chi connectivity index (χ0v) is 10.0. The number of hydrogen-bond donors (Lipinski definition) is 0. The van der Waals surface area contributed by atoms with E-state index < -0.39 is 0 Å². The number of nitrogens with zero attached hydrogens (tertiary/aromatic N) is 2. The largest absolute Gasteiger partial charge is 0.490 e. The Morgan fingerprint density at radius 1 is 1.29 bits per heavy atom. The topological polar surface area (TPSA) is 44.2 Å². The van der Waals surface area contributed by atoms with Gasteiger partial charge in [0.05, 0.1) is 31.2 Å². The van der Waals surface area contributed by atoms with Crippen LogP contribution in [0.3, 0.4) is 0 Å². The summed E-state index contributed by atoms with van der Waals surface area (Å²) < 4.78 is 11.6. The summed E-state index contributed by atoms with van der Waals surface area (Å²) in [6.07, 6.45) is 6.71. The molecule has 2 bridgehead atoms. The average Bonchev–Trinajstić information content (AvgIpc) is 2.96. The van der Waals surface area contributed by atoms with Gasteiger partial charge in [0, 0.05) is 5.92 Å². The summed E-state index contributed by atoms with van der Waals surface area (Å²) in [5, 5.41) is 0.251. The van der Waals surface area contributed by atoms with E-state index in [0.29, 0.717) is 30.5 Å². The van der Waals surface area contributed by atoms with E-state index in [-0.39, 0.29) is 5.28 Å². The van der Waals surface area contributed by atoms with Gasteiger partial charge < -0.3 is 9.47 Å². The molecule has 0 radical (unpaired) electrons. The lowest BCUT2D eigenvalue weighted by Crippen LogP contribution is -2.25. The summed E-state index contributed by atoms with van der Waals surface area (Å²) in [6, 6.07) is 0. The van der Waals surface area contributed by atoms with Crippen LogP contribution in [0.1, 0.15) is 12.8 Å². The van der Waals surface area contributed by atoms with Crippen LogP contribution in [0.2, 0.25) is 5.28 Å². The van der Waals surface area contributed by atoms with Gasteiger partial charge in [0.15, 0.2) is 5.75 Å². The molecule has 0 amide bonds. The zero-order chi connectivity index (χ0) is 11.4. The molecule has 1 saturated carbocycles. The van der Waals surface area contributed by atoms with E-state index in [1.165, 1.54) is 6.42 Å². The van der Waals surface area contributed by atoms with Crippen molar-refractivity contribution in [2.75, 3.05) is 6.61 Å². The fraction of sp³-hybridized carbons (Fsp3) is 0.667. The van der Waals surface area contributed by atoms with Crippen LogP contribution in [-0.4, -0.2) is 28.8 Å². The van der Waals surface area contributed by atoms with Gasteiger partial charge >= 0.3 is 0 Å². The Morgan fingerprint density at radius 3 is 2.82 bits per heavy atom. The standard InChI is InChI=1S/C12H13ClN2O2/c13-12-14-3-7(4-15-12)16-5-6-1-10-8-2-9(8)11(6)17-10/h3-4,6,8-11H,1-2,5H2/t6-,8+,9-,10-,11+/m0/s1. The third-order valence-corrected chi connectivity index (χ3v) is 4.38. The first-order chi connectivity index (χ1) is 8.31. The molecule has 5 heteroatoms. The maximum Gasteiger partial charge on any atom is 0.222 e. The second-order valence-electron chi connectivity index (χ2n) is 5.20. The van der Waals surface area contributed by atoms with E-state index in [9.17, 15) is 0 Å². The van der Waals surface area contributed by atoms with E-state index >= 15 is 0 Å². The quantitative estimate of drug-likeness (QED) is 0.771. The van der Waals surface area contributed by atoms with Crippen LogP contribution in [0.5, 0.6) is 5.75 Å². The highest BCUT2D eigenvalue weighted by molar-refractivity contribution is 6.28. The Morgan fingerprint density at radius 2 is 2.12 bits per heavy atom. The van der Waals surface area contributed by atoms with Crippen LogP contribution in [0.4, 0.5) is 0 Å². The third kappa shape index (κ3) is 1.62. The molecule has 90 valence electrons. The molecule has 4 nitrogen and oxygen atoms in total. The lowest BCUT2D eigenvalue weighted by Gasteiger charge is -2.18. The third-order valence-electron chi connectivity index (χ3n) is 4.18. The first kappa shape index (κ1) is 10.1. The maximum absolute atomic E-state index is 5.92. The van der Waals surface area contributed by atoms with E-state index in [1.54, 1.807) is 12.4 Å². The lowest BCUT2D eigenvalue weighted by atomic mass is 9.90. The van der Waals surface area contributed by atoms with Crippen molar-refractivity contribution in [3.63, 3.8) is 0 Å². The van der Waals surface area contributed by atoms with Gasteiger partial charge in [-0.2, -0.15) is 0 Å². The van der Waals surface area contributed by atoms with Gasteiger partial charge in [-0.05, 0) is 36.3 Å². The minimum atomic E-state index is 0.251. The lowest BCUT2D eigenvalue weighted by molar-refractivity contribution is 0.0533. The number of aromatic nitrogens is 2. The molecule has 17 heavy (non-hydrogen) atoms. The minimum Gasteiger partial charge on any atom is -0.490 e. The van der Waals surface area contributed by atoms with E-state index in [0.717, 1.165) is 18.3 Å². The maximum atomic E-state index is 5.92. The highest BCUT2D eigenvalue weighted by Crippen LogP contribution is 2.60. The summed E-state index contributed by atoms with van der Waals surface area (Å²) in [7, 11) is 0. The predicted octanol–water partition coefficient (Wildman–Crippen LogP) is 1.93. The van der Waals surface area contributed by atoms with Crippen LogP contribution >= 0.6 is 11.6 Å². The SMILES string of the molecule is Clc1ncc(OC[C@@H]2C[C@@H]3O[C@H]2[C@H]2C[C@H]23)cn1. The normalized spacial score (nSPS) is 41.4. The number of halogens is 1. The second-order valence-corrected chi connectivity index (χ2v) is 5.54. The molecule has 0 N–H and O–H groups in total. The van der Waals surface area contributed by atoms with Crippen molar-refractivity contribution in [3.05, 3.63) is 17.7 Å². The Kier molecular flexibility index (Phi) is 2.11. The van der Waals surface area contributed by atoms with Crippen molar-refractivity contribution in [3.8, 4) is 5.75 Å². The van der Waals surface area contributed by atoms with Crippen LogP contribution in [0, 0.1) is 17.8 Å². The van der Waals surface area contributed by atoms with Gasteiger partial charge in [-0.15, -0.1) is 0 Å². The van der Waals surface area contributed by atoms with Crippen molar-refractivity contribution in [1.82, 2.24) is 9.97 Å². The van der Waals surface area contributed by atoms with E-state index in [4.69, 9.17) is 21.1 Å². The van der Waals surface area contributed by atoms with Crippen LogP contribution in [0.25, 0.3) is 0 Å². The van der Waals surface area contributed by atoms with Crippen LogP contribution < -0.4 is 4.74 Å². The van der Waals surface area contributed by atoms with Crippen LogP contribution in [0.15, 0.2) is 12.4 Å². The molecule has 3 heterocycles. The average molecular weight is 253 g/mol. The Hall–Kier alpha value is -0.870. The summed E-state index contributed by atoms with van der Waals surface area (Å²) in [5.74, 6) is 2.92. The molecular formula is C12H13ClN2O2. The van der Waals surface area contributed by atoms with Gasteiger partial charge in [-0.1, -0.05) is 0 Å². The van der Waals surface area contributed by atoms with Crippen molar-refractivity contribution < 1.29 is 9.47 Å². The molecule has 0 unspecified atom stereocenters. The molecule has 2 saturated heterocycles.